The Labute approximate surface area is 185 Å². The SMILES string of the molecule is CC(C)(N)C(=O)N/C(=C/c1ccccc1)C(=O)Nc1nc2ccc(OC(F)(F)F)cc2s1. The summed E-state index contributed by atoms with van der Waals surface area (Å²) < 4.78 is 41.6. The van der Waals surface area contributed by atoms with Crippen LogP contribution in [0.15, 0.2) is 54.2 Å². The van der Waals surface area contributed by atoms with Gasteiger partial charge in [0, 0.05) is 6.07 Å². The Balaban J connectivity index is 1.85. The quantitative estimate of drug-likeness (QED) is 0.478. The van der Waals surface area contributed by atoms with E-state index < -0.39 is 29.5 Å². The molecule has 7 nitrogen and oxygen atoms in total. The van der Waals surface area contributed by atoms with Gasteiger partial charge in [0.05, 0.1) is 15.8 Å². The lowest BCUT2D eigenvalue weighted by molar-refractivity contribution is -0.274. The van der Waals surface area contributed by atoms with Crippen molar-refractivity contribution in [1.29, 1.82) is 0 Å². The number of nitrogens with one attached hydrogen (secondary N) is 2. The molecule has 1 heterocycles. The van der Waals surface area contributed by atoms with Crippen LogP contribution in [0.2, 0.25) is 0 Å². The first-order valence-electron chi connectivity index (χ1n) is 9.25. The van der Waals surface area contributed by atoms with Crippen molar-refractivity contribution in [1.82, 2.24) is 10.3 Å². The molecule has 32 heavy (non-hydrogen) atoms. The molecule has 0 aliphatic rings. The molecule has 4 N–H and O–H groups in total. The lowest BCUT2D eigenvalue weighted by Gasteiger charge is -2.19. The zero-order valence-corrected chi connectivity index (χ0v) is 17.8. The molecule has 3 rings (SSSR count). The van der Waals surface area contributed by atoms with Crippen molar-refractivity contribution < 1.29 is 27.5 Å². The summed E-state index contributed by atoms with van der Waals surface area (Å²) in [6.45, 7) is 2.99. The molecule has 0 bridgehead atoms. The Morgan fingerprint density at radius 1 is 1.12 bits per heavy atom. The van der Waals surface area contributed by atoms with Crippen molar-refractivity contribution in [2.45, 2.75) is 25.7 Å². The molecule has 2 aromatic carbocycles. The molecular formula is C21H19F3N4O3S. The normalized spacial score (nSPS) is 12.5. The Kier molecular flexibility index (Phi) is 6.51. The third kappa shape index (κ3) is 6.28. The van der Waals surface area contributed by atoms with Crippen LogP contribution in [0.25, 0.3) is 16.3 Å². The summed E-state index contributed by atoms with van der Waals surface area (Å²) in [5, 5.41) is 5.20. The van der Waals surface area contributed by atoms with Gasteiger partial charge in [0.25, 0.3) is 5.91 Å². The second-order valence-electron chi connectivity index (χ2n) is 7.29. The van der Waals surface area contributed by atoms with Gasteiger partial charge in [-0.25, -0.2) is 4.98 Å². The van der Waals surface area contributed by atoms with Crippen LogP contribution >= 0.6 is 11.3 Å². The average Bonchev–Trinajstić information content (AvgIpc) is 3.07. The predicted molar refractivity (Wildman–Crippen MR) is 116 cm³/mol. The fourth-order valence-corrected chi connectivity index (χ4v) is 3.37. The molecule has 0 aliphatic heterocycles. The van der Waals surface area contributed by atoms with Crippen molar-refractivity contribution in [2.75, 3.05) is 5.32 Å². The largest absolute Gasteiger partial charge is 0.573 e. The zero-order chi connectivity index (χ0) is 23.5. The molecule has 0 saturated heterocycles. The molecule has 1 aromatic heterocycles. The average molecular weight is 464 g/mol. The maximum atomic E-state index is 12.9. The number of hydrogen-bond donors (Lipinski definition) is 3. The zero-order valence-electron chi connectivity index (χ0n) is 17.0. The topological polar surface area (TPSA) is 106 Å². The summed E-state index contributed by atoms with van der Waals surface area (Å²) in [4.78, 5) is 29.4. The molecule has 0 fully saturated rings. The highest BCUT2D eigenvalue weighted by Gasteiger charge is 2.31. The van der Waals surface area contributed by atoms with E-state index in [4.69, 9.17) is 5.73 Å². The summed E-state index contributed by atoms with van der Waals surface area (Å²) in [5.41, 5.74) is 5.54. The number of fused-ring (bicyclic) bond motifs is 1. The number of carbonyl (C=O) groups excluding carboxylic acids is 2. The van der Waals surface area contributed by atoms with Gasteiger partial charge in [-0.2, -0.15) is 0 Å². The Bertz CT molecular complexity index is 1170. The summed E-state index contributed by atoms with van der Waals surface area (Å²) in [5.74, 6) is -1.64. The summed E-state index contributed by atoms with van der Waals surface area (Å²) in [6.07, 6.45) is -3.34. The summed E-state index contributed by atoms with van der Waals surface area (Å²) >= 11 is 0.959. The number of thiazole rings is 1. The van der Waals surface area contributed by atoms with Crippen molar-refractivity contribution >= 4 is 44.6 Å². The van der Waals surface area contributed by atoms with Gasteiger partial charge in [-0.05, 0) is 37.6 Å². The molecule has 0 aliphatic carbocycles. The van der Waals surface area contributed by atoms with Gasteiger partial charge in [0.1, 0.15) is 11.4 Å². The number of ether oxygens (including phenoxy) is 1. The van der Waals surface area contributed by atoms with Crippen LogP contribution < -0.4 is 21.1 Å². The first-order chi connectivity index (χ1) is 14.9. The number of aromatic nitrogens is 1. The van der Waals surface area contributed by atoms with E-state index in [9.17, 15) is 22.8 Å². The minimum atomic E-state index is -4.82. The van der Waals surface area contributed by atoms with Gasteiger partial charge < -0.3 is 15.8 Å². The van der Waals surface area contributed by atoms with Gasteiger partial charge in [-0.3, -0.25) is 14.9 Å². The number of hydrogen-bond acceptors (Lipinski definition) is 6. The van der Waals surface area contributed by atoms with Gasteiger partial charge in [-0.1, -0.05) is 41.7 Å². The minimum absolute atomic E-state index is 0.0694. The molecule has 3 aromatic rings. The smallest absolute Gasteiger partial charge is 0.406 e. The van der Waals surface area contributed by atoms with Gasteiger partial charge in [-0.15, -0.1) is 13.2 Å². The molecule has 11 heteroatoms. The highest BCUT2D eigenvalue weighted by atomic mass is 32.1. The van der Waals surface area contributed by atoms with Crippen molar-refractivity contribution in [2.24, 2.45) is 5.73 Å². The van der Waals surface area contributed by atoms with E-state index in [-0.39, 0.29) is 10.8 Å². The second-order valence-corrected chi connectivity index (χ2v) is 8.33. The lowest BCUT2D eigenvalue weighted by Crippen LogP contribution is -2.49. The highest BCUT2D eigenvalue weighted by molar-refractivity contribution is 7.22. The summed E-state index contributed by atoms with van der Waals surface area (Å²) in [7, 11) is 0. The monoisotopic (exact) mass is 464 g/mol. The van der Waals surface area contributed by atoms with E-state index in [0.29, 0.717) is 15.8 Å². The fourth-order valence-electron chi connectivity index (χ4n) is 2.48. The van der Waals surface area contributed by atoms with E-state index in [0.717, 1.165) is 17.4 Å². The molecular weight excluding hydrogens is 445 g/mol. The van der Waals surface area contributed by atoms with E-state index in [1.807, 2.05) is 0 Å². The number of carbonyl (C=O) groups is 2. The van der Waals surface area contributed by atoms with Crippen molar-refractivity contribution in [3.8, 4) is 5.75 Å². The number of rotatable bonds is 6. The first-order valence-corrected chi connectivity index (χ1v) is 10.1. The number of benzene rings is 2. The van der Waals surface area contributed by atoms with Crippen LogP contribution in [-0.4, -0.2) is 28.7 Å². The van der Waals surface area contributed by atoms with Crippen molar-refractivity contribution in [3.63, 3.8) is 0 Å². The number of alkyl halides is 3. The third-order valence-electron chi connectivity index (χ3n) is 4.00. The van der Waals surface area contributed by atoms with E-state index >= 15 is 0 Å². The van der Waals surface area contributed by atoms with Crippen LogP contribution in [0.1, 0.15) is 19.4 Å². The van der Waals surface area contributed by atoms with E-state index in [1.165, 1.54) is 32.1 Å². The molecule has 0 radical (unpaired) electrons. The maximum Gasteiger partial charge on any atom is 0.573 e. The van der Waals surface area contributed by atoms with E-state index in [1.54, 1.807) is 30.3 Å². The van der Waals surface area contributed by atoms with Gasteiger partial charge in [0.15, 0.2) is 5.13 Å². The second kappa shape index (κ2) is 8.97. The Morgan fingerprint density at radius 3 is 2.44 bits per heavy atom. The standard InChI is InChI=1S/C21H19F3N4O3S/c1-20(2,25)18(30)26-15(10-12-6-4-3-5-7-12)17(29)28-19-27-14-9-8-13(11-16(14)32-19)31-21(22,23)24/h3-11H,25H2,1-2H3,(H,26,30)(H,27,28,29)/b15-10+. The van der Waals surface area contributed by atoms with Crippen LogP contribution in [0.4, 0.5) is 18.3 Å². The van der Waals surface area contributed by atoms with E-state index in [2.05, 4.69) is 20.4 Å². The number of nitrogens with two attached hydrogens (primary N) is 1. The number of halogens is 3. The molecule has 0 saturated carbocycles. The first kappa shape index (κ1) is 23.2. The number of anilines is 1. The maximum absolute atomic E-state index is 12.9. The Morgan fingerprint density at radius 2 is 1.81 bits per heavy atom. The lowest BCUT2D eigenvalue weighted by atomic mass is 10.1. The van der Waals surface area contributed by atoms with Gasteiger partial charge >= 0.3 is 6.36 Å². The van der Waals surface area contributed by atoms with Crippen molar-refractivity contribution in [3.05, 3.63) is 59.8 Å². The fraction of sp³-hybridized carbons (Fsp3) is 0.190. The molecule has 0 spiro atoms. The minimum Gasteiger partial charge on any atom is -0.406 e. The highest BCUT2D eigenvalue weighted by Crippen LogP contribution is 2.31. The number of amides is 2. The van der Waals surface area contributed by atoms with Crippen LogP contribution in [0.3, 0.4) is 0 Å². The third-order valence-corrected chi connectivity index (χ3v) is 4.94. The summed E-state index contributed by atoms with van der Waals surface area (Å²) in [6, 6.07) is 12.5. The van der Waals surface area contributed by atoms with Crippen LogP contribution in [0, 0.1) is 0 Å². The molecule has 0 atom stereocenters. The molecule has 168 valence electrons. The molecule has 2 amide bonds. The predicted octanol–water partition coefficient (Wildman–Crippen LogP) is 4.03. The van der Waals surface area contributed by atoms with Crippen LogP contribution in [-0.2, 0) is 9.59 Å². The number of nitrogens with zero attached hydrogens (tertiary/aromatic N) is 1. The Hall–Kier alpha value is -3.44. The molecule has 0 unspecified atom stereocenters. The van der Waals surface area contributed by atoms with Crippen LogP contribution in [0.5, 0.6) is 5.75 Å². The van der Waals surface area contributed by atoms with Gasteiger partial charge in [0.2, 0.25) is 5.91 Å².